The topological polar surface area (TPSA) is 83.1 Å². The van der Waals surface area contributed by atoms with Crippen molar-refractivity contribution in [3.8, 4) is 11.5 Å². The van der Waals surface area contributed by atoms with Gasteiger partial charge in [0.1, 0.15) is 13.2 Å². The zero-order valence-corrected chi connectivity index (χ0v) is 16.1. The highest BCUT2D eigenvalue weighted by Gasteiger charge is 2.20. The largest absolute Gasteiger partial charge is 0.486 e. The van der Waals surface area contributed by atoms with Gasteiger partial charge >= 0.3 is 6.03 Å². The lowest BCUT2D eigenvalue weighted by Gasteiger charge is -2.35. The van der Waals surface area contributed by atoms with E-state index in [9.17, 15) is 9.59 Å². The monoisotopic (exact) mass is 396 g/mol. The summed E-state index contributed by atoms with van der Waals surface area (Å²) in [4.78, 5) is 28.7. The maximum atomic E-state index is 12.2. The zero-order chi connectivity index (χ0) is 20.1. The third-order valence-electron chi connectivity index (χ3n) is 4.91. The van der Waals surface area contributed by atoms with Crippen molar-refractivity contribution in [3.05, 3.63) is 48.5 Å². The first-order chi connectivity index (χ1) is 14.2. The summed E-state index contributed by atoms with van der Waals surface area (Å²) in [6.45, 7) is 4.41. The van der Waals surface area contributed by atoms with Gasteiger partial charge in [0, 0.05) is 43.6 Å². The summed E-state index contributed by atoms with van der Waals surface area (Å²) in [7, 11) is 0. The molecule has 2 N–H and O–H groups in total. The number of ether oxygens (including phenoxy) is 2. The molecule has 3 amide bonds. The smallest absolute Gasteiger partial charge is 0.325 e. The number of fused-ring (bicyclic) bond motifs is 1. The van der Waals surface area contributed by atoms with Crippen LogP contribution in [0.4, 0.5) is 16.2 Å². The standard InChI is InChI=1S/C21H24N4O4/c26-20(15-24-8-10-25(11-9-24)17-4-2-1-3-5-17)23-21(27)22-16-6-7-18-19(14-16)29-13-12-28-18/h1-7,14H,8-13,15H2,(H2,22,23,26,27). The molecule has 4 rings (SSSR count). The molecule has 0 bridgehead atoms. The molecular formula is C21H24N4O4. The van der Waals surface area contributed by atoms with Crippen LogP contribution in [-0.4, -0.2) is 62.8 Å². The van der Waals surface area contributed by atoms with Crippen molar-refractivity contribution in [3.63, 3.8) is 0 Å². The van der Waals surface area contributed by atoms with Crippen LogP contribution in [0.3, 0.4) is 0 Å². The maximum Gasteiger partial charge on any atom is 0.325 e. The molecule has 0 spiro atoms. The number of hydrogen-bond donors (Lipinski definition) is 2. The van der Waals surface area contributed by atoms with Crippen LogP contribution in [0.15, 0.2) is 48.5 Å². The van der Waals surface area contributed by atoms with E-state index in [0.717, 1.165) is 26.2 Å². The summed E-state index contributed by atoms with van der Waals surface area (Å²) >= 11 is 0. The molecule has 0 radical (unpaired) electrons. The summed E-state index contributed by atoms with van der Waals surface area (Å²) in [5.41, 5.74) is 1.73. The van der Waals surface area contributed by atoms with Crippen molar-refractivity contribution in [1.82, 2.24) is 10.2 Å². The minimum atomic E-state index is -0.561. The van der Waals surface area contributed by atoms with E-state index in [1.54, 1.807) is 18.2 Å². The van der Waals surface area contributed by atoms with E-state index in [1.807, 2.05) is 23.1 Å². The average molecular weight is 396 g/mol. The number of carbonyl (C=O) groups excluding carboxylic acids is 2. The molecule has 0 aliphatic carbocycles. The molecule has 8 nitrogen and oxygen atoms in total. The molecule has 0 saturated carbocycles. The molecule has 2 aromatic rings. The van der Waals surface area contributed by atoms with E-state index in [-0.39, 0.29) is 12.5 Å². The number of nitrogens with zero attached hydrogens (tertiary/aromatic N) is 2. The number of carbonyl (C=O) groups is 2. The molecule has 0 unspecified atom stereocenters. The van der Waals surface area contributed by atoms with Gasteiger partial charge in [0.15, 0.2) is 11.5 Å². The zero-order valence-electron chi connectivity index (χ0n) is 16.1. The number of urea groups is 1. The number of hydrogen-bond acceptors (Lipinski definition) is 6. The first-order valence-corrected chi connectivity index (χ1v) is 9.70. The van der Waals surface area contributed by atoms with Gasteiger partial charge in [-0.1, -0.05) is 18.2 Å². The van der Waals surface area contributed by atoms with E-state index in [4.69, 9.17) is 9.47 Å². The highest BCUT2D eigenvalue weighted by atomic mass is 16.6. The van der Waals surface area contributed by atoms with Crippen LogP contribution < -0.4 is 25.0 Å². The number of piperazine rings is 1. The molecule has 2 aliphatic heterocycles. The van der Waals surface area contributed by atoms with Gasteiger partial charge in [0.25, 0.3) is 0 Å². The third-order valence-corrected chi connectivity index (χ3v) is 4.91. The molecule has 2 aromatic carbocycles. The van der Waals surface area contributed by atoms with Gasteiger partial charge in [-0.3, -0.25) is 15.0 Å². The lowest BCUT2D eigenvalue weighted by atomic mass is 10.2. The summed E-state index contributed by atoms with van der Waals surface area (Å²) in [5.74, 6) is 0.901. The Labute approximate surface area is 169 Å². The minimum Gasteiger partial charge on any atom is -0.486 e. The van der Waals surface area contributed by atoms with Crippen LogP contribution in [0.2, 0.25) is 0 Å². The molecule has 8 heteroatoms. The molecule has 152 valence electrons. The Morgan fingerprint density at radius 1 is 0.897 bits per heavy atom. The van der Waals surface area contributed by atoms with Gasteiger partial charge in [-0.05, 0) is 24.3 Å². The molecule has 0 atom stereocenters. The molecule has 29 heavy (non-hydrogen) atoms. The Bertz CT molecular complexity index is 866. The Kier molecular flexibility index (Phi) is 5.81. The van der Waals surface area contributed by atoms with Crippen LogP contribution >= 0.6 is 0 Å². The van der Waals surface area contributed by atoms with E-state index in [2.05, 4.69) is 27.7 Å². The maximum absolute atomic E-state index is 12.2. The second kappa shape index (κ2) is 8.83. The van der Waals surface area contributed by atoms with E-state index in [1.165, 1.54) is 5.69 Å². The van der Waals surface area contributed by atoms with Crippen molar-refractivity contribution < 1.29 is 19.1 Å². The Hall–Kier alpha value is -3.26. The summed E-state index contributed by atoms with van der Waals surface area (Å²) in [6, 6.07) is 14.8. The van der Waals surface area contributed by atoms with Gasteiger partial charge in [-0.25, -0.2) is 4.79 Å². The Morgan fingerprint density at radius 2 is 1.62 bits per heavy atom. The van der Waals surface area contributed by atoms with Crippen LogP contribution in [-0.2, 0) is 4.79 Å². The predicted molar refractivity (Wildman–Crippen MR) is 110 cm³/mol. The second-order valence-corrected chi connectivity index (χ2v) is 6.96. The van der Waals surface area contributed by atoms with E-state index >= 15 is 0 Å². The van der Waals surface area contributed by atoms with Crippen LogP contribution in [0, 0.1) is 0 Å². The van der Waals surface area contributed by atoms with Gasteiger partial charge in [0.05, 0.1) is 6.54 Å². The summed E-state index contributed by atoms with van der Waals surface area (Å²) in [5, 5.41) is 5.04. The fourth-order valence-electron chi connectivity index (χ4n) is 3.46. The van der Waals surface area contributed by atoms with Crippen molar-refractivity contribution in [2.45, 2.75) is 0 Å². The van der Waals surface area contributed by atoms with Gasteiger partial charge in [-0.15, -0.1) is 0 Å². The predicted octanol–water partition coefficient (Wildman–Crippen LogP) is 1.93. The van der Waals surface area contributed by atoms with Crippen LogP contribution in [0.5, 0.6) is 11.5 Å². The first kappa shape index (κ1) is 19.1. The van der Waals surface area contributed by atoms with Gasteiger partial charge < -0.3 is 19.7 Å². The molecular weight excluding hydrogens is 372 g/mol. The quantitative estimate of drug-likeness (QED) is 0.822. The number of para-hydroxylation sites is 1. The Morgan fingerprint density at radius 3 is 2.38 bits per heavy atom. The summed E-state index contributed by atoms with van der Waals surface area (Å²) in [6.07, 6.45) is 0. The molecule has 0 aromatic heterocycles. The number of rotatable bonds is 4. The molecule has 2 heterocycles. The van der Waals surface area contributed by atoms with E-state index < -0.39 is 6.03 Å². The number of anilines is 2. The van der Waals surface area contributed by atoms with Gasteiger partial charge in [-0.2, -0.15) is 0 Å². The van der Waals surface area contributed by atoms with Crippen molar-refractivity contribution in [2.75, 3.05) is 56.2 Å². The number of imide groups is 1. The molecule has 1 saturated heterocycles. The van der Waals surface area contributed by atoms with Crippen molar-refractivity contribution >= 4 is 23.3 Å². The third kappa shape index (κ3) is 4.97. The van der Waals surface area contributed by atoms with Crippen LogP contribution in [0.25, 0.3) is 0 Å². The minimum absolute atomic E-state index is 0.192. The average Bonchev–Trinajstić information content (AvgIpc) is 2.74. The number of nitrogens with one attached hydrogen (secondary N) is 2. The lowest BCUT2D eigenvalue weighted by Crippen LogP contribution is -2.50. The second-order valence-electron chi connectivity index (χ2n) is 6.96. The van der Waals surface area contributed by atoms with Crippen molar-refractivity contribution in [2.24, 2.45) is 0 Å². The summed E-state index contributed by atoms with van der Waals surface area (Å²) < 4.78 is 10.9. The first-order valence-electron chi connectivity index (χ1n) is 9.70. The Balaban J connectivity index is 1.22. The molecule has 2 aliphatic rings. The highest BCUT2D eigenvalue weighted by molar-refractivity contribution is 6.01. The SMILES string of the molecule is O=C(CN1CCN(c2ccccc2)CC1)NC(=O)Nc1ccc2c(c1)OCCO2. The molecule has 1 fully saturated rings. The van der Waals surface area contributed by atoms with Crippen molar-refractivity contribution in [1.29, 1.82) is 0 Å². The fourth-order valence-corrected chi connectivity index (χ4v) is 3.46. The van der Waals surface area contributed by atoms with E-state index in [0.29, 0.717) is 30.4 Å². The van der Waals surface area contributed by atoms with Gasteiger partial charge in [0.2, 0.25) is 5.91 Å². The number of amides is 3. The lowest BCUT2D eigenvalue weighted by molar-refractivity contribution is -0.121. The normalized spacial score (nSPS) is 16.2. The van der Waals surface area contributed by atoms with Crippen LogP contribution in [0.1, 0.15) is 0 Å². The fraction of sp³-hybridized carbons (Fsp3) is 0.333. The number of benzene rings is 2. The highest BCUT2D eigenvalue weighted by Crippen LogP contribution is 2.32.